The molecule has 0 unspecified atom stereocenters. The molecule has 0 atom stereocenters. The zero-order chi connectivity index (χ0) is 9.14. The number of hydrogen-bond donors (Lipinski definition) is 1. The average molecular weight is 189 g/mol. The van der Waals surface area contributed by atoms with E-state index in [9.17, 15) is 10.1 Å². The van der Waals surface area contributed by atoms with Crippen LogP contribution in [0.1, 0.15) is 5.69 Å². The number of aromatic nitrogens is 2. The molecule has 0 aromatic carbocycles. The van der Waals surface area contributed by atoms with Gasteiger partial charge in [0, 0.05) is 6.54 Å². The van der Waals surface area contributed by atoms with Gasteiger partial charge >= 0.3 is 5.69 Å². The maximum atomic E-state index is 10.4. The van der Waals surface area contributed by atoms with Crippen LogP contribution in [0.15, 0.2) is 6.33 Å². The summed E-state index contributed by atoms with van der Waals surface area (Å²) in [6.45, 7) is -0.0292. The minimum Gasteiger partial charge on any atom is -0.325 e. The van der Waals surface area contributed by atoms with Crippen LogP contribution in [-0.2, 0) is 6.54 Å². The maximum Gasteiger partial charge on any atom is 0.329 e. The van der Waals surface area contributed by atoms with Crippen molar-refractivity contribution in [3.63, 3.8) is 0 Å². The molecule has 0 bridgehead atoms. The Morgan fingerprint density at radius 1 is 1.67 bits per heavy atom. The van der Waals surface area contributed by atoms with E-state index in [1.807, 2.05) is 0 Å². The molecular formula is C5H5ClN4O2. The van der Waals surface area contributed by atoms with Crippen molar-refractivity contribution in [2.45, 2.75) is 6.54 Å². The molecule has 1 rings (SSSR count). The van der Waals surface area contributed by atoms with Gasteiger partial charge in [-0.1, -0.05) is 11.6 Å². The minimum absolute atomic E-state index is 0.0292. The van der Waals surface area contributed by atoms with E-state index in [1.54, 1.807) is 0 Å². The van der Waals surface area contributed by atoms with E-state index in [4.69, 9.17) is 17.3 Å². The zero-order valence-electron chi connectivity index (χ0n) is 5.90. The highest BCUT2D eigenvalue weighted by atomic mass is 35.5. The second kappa shape index (κ2) is 3.42. The Balaban J connectivity index is 3.29. The molecule has 0 aliphatic carbocycles. The smallest absolute Gasteiger partial charge is 0.325 e. The van der Waals surface area contributed by atoms with Crippen LogP contribution in [0.25, 0.3) is 0 Å². The van der Waals surface area contributed by atoms with Crippen LogP contribution >= 0.6 is 11.6 Å². The minimum atomic E-state index is -0.648. The highest BCUT2D eigenvalue weighted by molar-refractivity contribution is 6.31. The Kier molecular flexibility index (Phi) is 2.51. The second-order valence-electron chi connectivity index (χ2n) is 1.92. The van der Waals surface area contributed by atoms with Gasteiger partial charge in [0.25, 0.3) is 0 Å². The Morgan fingerprint density at radius 2 is 2.33 bits per heavy atom. The first-order valence-electron chi connectivity index (χ1n) is 3.00. The molecule has 1 aromatic heterocycles. The van der Waals surface area contributed by atoms with Gasteiger partial charge in [0.15, 0.2) is 0 Å². The van der Waals surface area contributed by atoms with Crippen LogP contribution in [0.4, 0.5) is 5.69 Å². The fraction of sp³-hybridized carbons (Fsp3) is 0.200. The molecule has 0 spiro atoms. The summed E-state index contributed by atoms with van der Waals surface area (Å²) in [4.78, 5) is 16.8. The summed E-state index contributed by atoms with van der Waals surface area (Å²) >= 11 is 5.45. The van der Waals surface area contributed by atoms with Crippen molar-refractivity contribution in [2.75, 3.05) is 0 Å². The lowest BCUT2D eigenvalue weighted by atomic mass is 10.3. The summed E-state index contributed by atoms with van der Waals surface area (Å²) in [6, 6.07) is 0. The molecule has 0 radical (unpaired) electrons. The van der Waals surface area contributed by atoms with Crippen molar-refractivity contribution in [3.05, 3.63) is 27.3 Å². The molecule has 12 heavy (non-hydrogen) atoms. The van der Waals surface area contributed by atoms with E-state index in [2.05, 4.69) is 9.97 Å². The van der Waals surface area contributed by atoms with Gasteiger partial charge < -0.3 is 5.73 Å². The van der Waals surface area contributed by atoms with Crippen molar-refractivity contribution >= 4 is 17.3 Å². The molecule has 0 aliphatic rings. The molecule has 0 saturated carbocycles. The van der Waals surface area contributed by atoms with E-state index in [0.717, 1.165) is 6.33 Å². The standard InChI is InChI=1S/C5H5ClN4O2/c6-5-4(10(11)12)3(1-7)8-2-9-5/h2H,1,7H2. The zero-order valence-corrected chi connectivity index (χ0v) is 6.65. The van der Waals surface area contributed by atoms with Crippen molar-refractivity contribution in [3.8, 4) is 0 Å². The van der Waals surface area contributed by atoms with Gasteiger partial charge in [-0.25, -0.2) is 9.97 Å². The quantitative estimate of drug-likeness (QED) is 0.414. The molecule has 64 valence electrons. The Labute approximate surface area is 72.5 Å². The number of halogens is 1. The summed E-state index contributed by atoms with van der Waals surface area (Å²) in [5.74, 6) is 0. The number of nitrogens with two attached hydrogens (primary N) is 1. The largest absolute Gasteiger partial charge is 0.329 e. The van der Waals surface area contributed by atoms with Gasteiger partial charge in [0.1, 0.15) is 12.0 Å². The SMILES string of the molecule is NCc1ncnc(Cl)c1[N+](=O)[O-]. The third kappa shape index (κ3) is 1.49. The second-order valence-corrected chi connectivity index (χ2v) is 2.28. The normalized spacial score (nSPS) is 9.83. The fourth-order valence-electron chi connectivity index (χ4n) is 0.721. The molecule has 2 N–H and O–H groups in total. The van der Waals surface area contributed by atoms with Crippen molar-refractivity contribution in [2.24, 2.45) is 5.73 Å². The number of nitrogens with zero attached hydrogens (tertiary/aromatic N) is 3. The van der Waals surface area contributed by atoms with Gasteiger partial charge in [0.05, 0.1) is 4.92 Å². The molecule has 0 saturated heterocycles. The maximum absolute atomic E-state index is 10.4. The molecule has 0 aliphatic heterocycles. The van der Waals surface area contributed by atoms with Gasteiger partial charge in [-0.3, -0.25) is 10.1 Å². The van der Waals surface area contributed by atoms with Gasteiger partial charge in [-0.05, 0) is 0 Å². The Morgan fingerprint density at radius 3 is 2.75 bits per heavy atom. The van der Waals surface area contributed by atoms with E-state index in [0.29, 0.717) is 0 Å². The Bertz CT molecular complexity index is 316. The fourth-order valence-corrected chi connectivity index (χ4v) is 0.942. The first kappa shape index (κ1) is 8.82. The summed E-state index contributed by atoms with van der Waals surface area (Å²) in [7, 11) is 0. The lowest BCUT2D eigenvalue weighted by Crippen LogP contribution is -2.05. The van der Waals surface area contributed by atoms with Gasteiger partial charge in [0.2, 0.25) is 5.15 Å². The molecule has 1 aromatic rings. The van der Waals surface area contributed by atoms with E-state index in [1.165, 1.54) is 0 Å². The molecule has 1 heterocycles. The molecular weight excluding hydrogens is 184 g/mol. The van der Waals surface area contributed by atoms with Crippen LogP contribution < -0.4 is 5.73 Å². The first-order chi connectivity index (χ1) is 5.66. The van der Waals surface area contributed by atoms with Crippen molar-refractivity contribution in [1.29, 1.82) is 0 Å². The summed E-state index contributed by atoms with van der Waals surface area (Å²) in [6.07, 6.45) is 1.14. The number of nitro groups is 1. The summed E-state index contributed by atoms with van der Waals surface area (Å²) in [5.41, 5.74) is 5.02. The summed E-state index contributed by atoms with van der Waals surface area (Å²) in [5, 5.41) is 10.2. The topological polar surface area (TPSA) is 94.9 Å². The van der Waals surface area contributed by atoms with Crippen LogP contribution in [0, 0.1) is 10.1 Å². The summed E-state index contributed by atoms with van der Waals surface area (Å²) < 4.78 is 0. The molecule has 7 heteroatoms. The van der Waals surface area contributed by atoms with Crippen LogP contribution in [-0.4, -0.2) is 14.9 Å². The molecule has 6 nitrogen and oxygen atoms in total. The highest BCUT2D eigenvalue weighted by Crippen LogP contribution is 2.23. The Hall–Kier alpha value is -1.27. The van der Waals surface area contributed by atoms with Crippen LogP contribution in [0.3, 0.4) is 0 Å². The van der Waals surface area contributed by atoms with E-state index < -0.39 is 4.92 Å². The van der Waals surface area contributed by atoms with E-state index in [-0.39, 0.29) is 23.1 Å². The monoisotopic (exact) mass is 188 g/mol. The lowest BCUT2D eigenvalue weighted by molar-refractivity contribution is -0.386. The molecule has 0 fully saturated rings. The third-order valence-corrected chi connectivity index (χ3v) is 1.51. The van der Waals surface area contributed by atoms with E-state index >= 15 is 0 Å². The lowest BCUT2D eigenvalue weighted by Gasteiger charge is -1.97. The third-order valence-electron chi connectivity index (χ3n) is 1.23. The van der Waals surface area contributed by atoms with Crippen LogP contribution in [0.2, 0.25) is 5.15 Å². The highest BCUT2D eigenvalue weighted by Gasteiger charge is 2.19. The van der Waals surface area contributed by atoms with Gasteiger partial charge in [-0.2, -0.15) is 0 Å². The predicted molar refractivity (Wildman–Crippen MR) is 41.6 cm³/mol. The van der Waals surface area contributed by atoms with Crippen LogP contribution in [0.5, 0.6) is 0 Å². The average Bonchev–Trinajstić information content (AvgIpc) is 2.03. The number of hydrogen-bond acceptors (Lipinski definition) is 5. The first-order valence-corrected chi connectivity index (χ1v) is 3.38. The molecule has 0 amide bonds. The van der Waals surface area contributed by atoms with Crippen molar-refractivity contribution in [1.82, 2.24) is 9.97 Å². The predicted octanol–water partition coefficient (Wildman–Crippen LogP) is 0.497. The van der Waals surface area contributed by atoms with Crippen molar-refractivity contribution < 1.29 is 4.92 Å². The number of rotatable bonds is 2. The van der Waals surface area contributed by atoms with Gasteiger partial charge in [-0.15, -0.1) is 0 Å².